The van der Waals surface area contributed by atoms with Crippen LogP contribution in [-0.2, 0) is 0 Å². The number of benzene rings is 1. The van der Waals surface area contributed by atoms with Crippen LogP contribution in [0.25, 0.3) is 11.3 Å². The zero-order valence-corrected chi connectivity index (χ0v) is 9.56. The minimum Gasteiger partial charge on any atom is -0.497 e. The fourth-order valence-electron chi connectivity index (χ4n) is 1.59. The van der Waals surface area contributed by atoms with Gasteiger partial charge < -0.3 is 14.3 Å². The highest BCUT2D eigenvalue weighted by Crippen LogP contribution is 2.26. The number of hydrogen-bond donors (Lipinski definition) is 1. The van der Waals surface area contributed by atoms with Crippen molar-refractivity contribution < 1.29 is 19.1 Å². The predicted molar refractivity (Wildman–Crippen MR) is 62.4 cm³/mol. The molecule has 0 radical (unpaired) electrons. The molecule has 0 aliphatic heterocycles. The van der Waals surface area contributed by atoms with E-state index in [1.165, 1.54) is 6.07 Å². The summed E-state index contributed by atoms with van der Waals surface area (Å²) in [6.07, 6.45) is 0. The first kappa shape index (κ1) is 11.3. The van der Waals surface area contributed by atoms with E-state index >= 15 is 0 Å². The topological polar surface area (TPSA) is 59.7 Å². The minimum absolute atomic E-state index is 0.191. The van der Waals surface area contributed by atoms with Gasteiger partial charge in [0.2, 0.25) is 0 Å². The van der Waals surface area contributed by atoms with E-state index in [9.17, 15) is 4.79 Å². The minimum atomic E-state index is -0.981. The van der Waals surface area contributed by atoms with Gasteiger partial charge in [0, 0.05) is 5.56 Å². The molecule has 0 saturated carbocycles. The summed E-state index contributed by atoms with van der Waals surface area (Å²) in [6.45, 7) is 1.64. The van der Waals surface area contributed by atoms with Gasteiger partial charge in [-0.3, -0.25) is 0 Å². The average Bonchev–Trinajstić information content (AvgIpc) is 2.71. The molecule has 2 aromatic rings. The molecule has 0 amide bonds. The number of carbonyl (C=O) groups is 1. The molecule has 0 unspecified atom stereocenters. The number of carboxylic acid groups (broad SMARTS) is 1. The average molecular weight is 232 g/mol. The van der Waals surface area contributed by atoms with Crippen LogP contribution in [-0.4, -0.2) is 18.2 Å². The fraction of sp³-hybridized carbons (Fsp3) is 0.154. The van der Waals surface area contributed by atoms with Crippen LogP contribution in [0, 0.1) is 6.92 Å². The fourth-order valence-corrected chi connectivity index (χ4v) is 1.59. The molecule has 1 aromatic heterocycles. The van der Waals surface area contributed by atoms with Crippen molar-refractivity contribution in [3.63, 3.8) is 0 Å². The van der Waals surface area contributed by atoms with Gasteiger partial charge in [-0.05, 0) is 37.3 Å². The summed E-state index contributed by atoms with van der Waals surface area (Å²) in [7, 11) is 1.59. The van der Waals surface area contributed by atoms with Crippen molar-refractivity contribution >= 4 is 5.97 Å². The lowest BCUT2D eigenvalue weighted by Crippen LogP contribution is -1.94. The Balaban J connectivity index is 2.39. The molecular weight excluding hydrogens is 220 g/mol. The first-order chi connectivity index (χ1) is 8.11. The molecule has 4 heteroatoms. The van der Waals surface area contributed by atoms with E-state index in [4.69, 9.17) is 14.3 Å². The SMILES string of the molecule is COc1ccc(-c2cc(C(=O)O)c(C)o2)cc1. The number of furan rings is 1. The van der Waals surface area contributed by atoms with E-state index in [1.807, 2.05) is 12.1 Å². The van der Waals surface area contributed by atoms with E-state index in [0.29, 0.717) is 11.5 Å². The van der Waals surface area contributed by atoms with E-state index in [1.54, 1.807) is 26.2 Å². The monoisotopic (exact) mass is 232 g/mol. The van der Waals surface area contributed by atoms with Gasteiger partial charge in [-0.1, -0.05) is 0 Å². The Hall–Kier alpha value is -2.23. The molecule has 0 aliphatic rings. The Labute approximate surface area is 98.4 Å². The van der Waals surface area contributed by atoms with Gasteiger partial charge in [-0.25, -0.2) is 4.79 Å². The van der Waals surface area contributed by atoms with Crippen molar-refractivity contribution in [2.24, 2.45) is 0 Å². The highest BCUT2D eigenvalue weighted by atomic mass is 16.5. The molecular formula is C13H12O4. The second-order valence-electron chi connectivity index (χ2n) is 3.61. The quantitative estimate of drug-likeness (QED) is 0.883. The number of rotatable bonds is 3. The van der Waals surface area contributed by atoms with E-state index in [2.05, 4.69) is 0 Å². The highest BCUT2D eigenvalue weighted by molar-refractivity contribution is 5.90. The summed E-state index contributed by atoms with van der Waals surface area (Å²) in [5.74, 6) is 0.715. The summed E-state index contributed by atoms with van der Waals surface area (Å²) < 4.78 is 10.5. The van der Waals surface area contributed by atoms with Crippen molar-refractivity contribution in [2.45, 2.75) is 6.92 Å². The van der Waals surface area contributed by atoms with Crippen LogP contribution in [0.3, 0.4) is 0 Å². The van der Waals surface area contributed by atoms with Crippen LogP contribution in [0.1, 0.15) is 16.1 Å². The van der Waals surface area contributed by atoms with Crippen molar-refractivity contribution in [1.29, 1.82) is 0 Å². The third kappa shape index (κ3) is 2.15. The summed E-state index contributed by atoms with van der Waals surface area (Å²) >= 11 is 0. The van der Waals surface area contributed by atoms with Crippen LogP contribution in [0.5, 0.6) is 5.75 Å². The third-order valence-corrected chi connectivity index (χ3v) is 2.52. The van der Waals surface area contributed by atoms with E-state index in [-0.39, 0.29) is 5.56 Å². The van der Waals surface area contributed by atoms with Gasteiger partial charge in [-0.2, -0.15) is 0 Å². The van der Waals surface area contributed by atoms with E-state index < -0.39 is 5.97 Å². The van der Waals surface area contributed by atoms with Crippen LogP contribution in [0.2, 0.25) is 0 Å². The van der Waals surface area contributed by atoms with Crippen molar-refractivity contribution in [3.8, 4) is 17.1 Å². The number of hydrogen-bond acceptors (Lipinski definition) is 3. The maximum atomic E-state index is 10.9. The lowest BCUT2D eigenvalue weighted by Gasteiger charge is -2.00. The van der Waals surface area contributed by atoms with Gasteiger partial charge in [0.1, 0.15) is 22.8 Å². The third-order valence-electron chi connectivity index (χ3n) is 2.52. The number of carboxylic acids is 1. The van der Waals surface area contributed by atoms with Gasteiger partial charge in [0.15, 0.2) is 0 Å². The maximum absolute atomic E-state index is 10.9. The highest BCUT2D eigenvalue weighted by Gasteiger charge is 2.14. The Morgan fingerprint density at radius 1 is 1.29 bits per heavy atom. The molecule has 0 aliphatic carbocycles. The van der Waals surface area contributed by atoms with Crippen LogP contribution >= 0.6 is 0 Å². The number of aromatic carboxylic acids is 1. The first-order valence-electron chi connectivity index (χ1n) is 5.10. The largest absolute Gasteiger partial charge is 0.497 e. The smallest absolute Gasteiger partial charge is 0.339 e. The molecule has 0 spiro atoms. The Bertz CT molecular complexity index is 537. The molecule has 1 N–H and O–H groups in total. The van der Waals surface area contributed by atoms with Crippen molar-refractivity contribution in [3.05, 3.63) is 41.7 Å². The molecule has 0 atom stereocenters. The summed E-state index contributed by atoms with van der Waals surface area (Å²) in [6, 6.07) is 8.77. The lowest BCUT2D eigenvalue weighted by molar-refractivity contribution is 0.0695. The Kier molecular flexibility index (Phi) is 2.87. The lowest BCUT2D eigenvalue weighted by atomic mass is 10.1. The molecule has 0 bridgehead atoms. The molecule has 17 heavy (non-hydrogen) atoms. The second-order valence-corrected chi connectivity index (χ2v) is 3.61. The van der Waals surface area contributed by atoms with Crippen molar-refractivity contribution in [1.82, 2.24) is 0 Å². The molecule has 0 fully saturated rings. The molecule has 88 valence electrons. The normalized spacial score (nSPS) is 10.2. The van der Waals surface area contributed by atoms with Gasteiger partial charge in [-0.15, -0.1) is 0 Å². The first-order valence-corrected chi connectivity index (χ1v) is 5.10. The number of aryl methyl sites for hydroxylation is 1. The predicted octanol–water partition coefficient (Wildman–Crippen LogP) is 2.96. The van der Waals surface area contributed by atoms with E-state index in [0.717, 1.165) is 11.3 Å². The molecule has 1 aromatic carbocycles. The second kappa shape index (κ2) is 4.33. The molecule has 0 saturated heterocycles. The summed E-state index contributed by atoms with van der Waals surface area (Å²) in [4.78, 5) is 10.9. The number of ether oxygens (including phenoxy) is 1. The zero-order valence-electron chi connectivity index (χ0n) is 9.56. The summed E-state index contributed by atoms with van der Waals surface area (Å²) in [5.41, 5.74) is 1.01. The van der Waals surface area contributed by atoms with Gasteiger partial charge in [0.25, 0.3) is 0 Å². The Morgan fingerprint density at radius 3 is 2.41 bits per heavy atom. The maximum Gasteiger partial charge on any atom is 0.339 e. The van der Waals surface area contributed by atoms with Crippen LogP contribution in [0.4, 0.5) is 0 Å². The zero-order chi connectivity index (χ0) is 12.4. The van der Waals surface area contributed by atoms with Crippen molar-refractivity contribution in [2.75, 3.05) is 7.11 Å². The van der Waals surface area contributed by atoms with Crippen LogP contribution in [0.15, 0.2) is 34.7 Å². The molecule has 2 rings (SSSR count). The van der Waals surface area contributed by atoms with Crippen LogP contribution < -0.4 is 4.74 Å². The van der Waals surface area contributed by atoms with Gasteiger partial charge in [0.05, 0.1) is 7.11 Å². The standard InChI is InChI=1S/C13H12O4/c1-8-11(13(14)15)7-12(17-8)9-3-5-10(16-2)6-4-9/h3-7H,1-2H3,(H,14,15). The summed E-state index contributed by atoms with van der Waals surface area (Å²) in [5, 5.41) is 8.93. The Morgan fingerprint density at radius 2 is 1.94 bits per heavy atom. The molecule has 4 nitrogen and oxygen atoms in total. The molecule has 1 heterocycles. The number of methoxy groups -OCH3 is 1. The van der Waals surface area contributed by atoms with Gasteiger partial charge >= 0.3 is 5.97 Å².